The predicted molar refractivity (Wildman–Crippen MR) is 97.8 cm³/mol. The maximum atomic E-state index is 13.4. The summed E-state index contributed by atoms with van der Waals surface area (Å²) in [5.41, 5.74) is 1.42. The van der Waals surface area contributed by atoms with Gasteiger partial charge >= 0.3 is 5.97 Å². The van der Waals surface area contributed by atoms with Crippen LogP contribution in [0.3, 0.4) is 0 Å². The summed E-state index contributed by atoms with van der Waals surface area (Å²) < 4.78 is 23.4. The highest BCUT2D eigenvalue weighted by atomic mass is 35.5. The Morgan fingerprint density at radius 3 is 2.69 bits per heavy atom. The fourth-order valence-corrected chi connectivity index (χ4v) is 2.22. The standard InChI is InChI=1S/C19H17ClFNO4/c1-12-9-16(17(25-2)10-14(12)20)22-18(23)11-26-19(24)8-7-13-5-3-4-6-15(13)21/h3-10H,11H2,1-2H3,(H,22,23)/b8-7+. The number of carbonyl (C=O) groups excluding carboxylic acids is 2. The molecule has 26 heavy (non-hydrogen) atoms. The van der Waals surface area contributed by atoms with Crippen molar-refractivity contribution in [1.29, 1.82) is 0 Å². The summed E-state index contributed by atoms with van der Waals surface area (Å²) in [5.74, 6) is -1.38. The summed E-state index contributed by atoms with van der Waals surface area (Å²) >= 11 is 6.00. The summed E-state index contributed by atoms with van der Waals surface area (Å²) in [7, 11) is 1.45. The zero-order valence-electron chi connectivity index (χ0n) is 14.2. The summed E-state index contributed by atoms with van der Waals surface area (Å²) in [6.45, 7) is 1.29. The monoisotopic (exact) mass is 377 g/mol. The van der Waals surface area contributed by atoms with E-state index in [4.69, 9.17) is 21.1 Å². The number of aryl methyl sites for hydroxylation is 1. The van der Waals surface area contributed by atoms with Crippen LogP contribution in [0, 0.1) is 12.7 Å². The van der Waals surface area contributed by atoms with Gasteiger partial charge in [-0.15, -0.1) is 0 Å². The quantitative estimate of drug-likeness (QED) is 0.610. The number of hydrogen-bond acceptors (Lipinski definition) is 4. The van der Waals surface area contributed by atoms with Crippen molar-refractivity contribution >= 4 is 35.2 Å². The summed E-state index contributed by atoms with van der Waals surface area (Å²) in [5, 5.41) is 3.09. The molecule has 0 aromatic heterocycles. The van der Waals surface area contributed by atoms with E-state index in [2.05, 4.69) is 5.32 Å². The highest BCUT2D eigenvalue weighted by Crippen LogP contribution is 2.30. The number of esters is 1. The van der Waals surface area contributed by atoms with E-state index in [0.29, 0.717) is 16.5 Å². The summed E-state index contributed by atoms with van der Waals surface area (Å²) in [6, 6.07) is 9.21. The predicted octanol–water partition coefficient (Wildman–Crippen LogP) is 3.99. The van der Waals surface area contributed by atoms with Crippen molar-refractivity contribution < 1.29 is 23.5 Å². The minimum Gasteiger partial charge on any atom is -0.495 e. The number of benzene rings is 2. The molecule has 0 aliphatic rings. The van der Waals surface area contributed by atoms with Gasteiger partial charge in [-0.25, -0.2) is 9.18 Å². The van der Waals surface area contributed by atoms with Gasteiger partial charge in [-0.1, -0.05) is 29.8 Å². The molecule has 0 aliphatic carbocycles. The molecule has 2 aromatic rings. The average molecular weight is 378 g/mol. The van der Waals surface area contributed by atoms with Crippen molar-refractivity contribution in [2.24, 2.45) is 0 Å². The Morgan fingerprint density at radius 2 is 2.00 bits per heavy atom. The van der Waals surface area contributed by atoms with Crippen molar-refractivity contribution in [2.45, 2.75) is 6.92 Å². The van der Waals surface area contributed by atoms with E-state index in [1.165, 1.54) is 25.3 Å². The normalized spacial score (nSPS) is 10.6. The van der Waals surface area contributed by atoms with Gasteiger partial charge in [0.2, 0.25) is 0 Å². The SMILES string of the molecule is COc1cc(Cl)c(C)cc1NC(=O)COC(=O)/C=C/c1ccccc1F. The van der Waals surface area contributed by atoms with Crippen LogP contribution in [0.1, 0.15) is 11.1 Å². The number of hydrogen-bond donors (Lipinski definition) is 1. The molecule has 1 N–H and O–H groups in total. The van der Waals surface area contributed by atoms with Crippen molar-refractivity contribution in [1.82, 2.24) is 0 Å². The number of nitrogens with one attached hydrogen (secondary N) is 1. The number of anilines is 1. The minimum absolute atomic E-state index is 0.246. The van der Waals surface area contributed by atoms with Gasteiger partial charge in [-0.05, 0) is 30.7 Å². The molecule has 0 saturated heterocycles. The van der Waals surface area contributed by atoms with Gasteiger partial charge < -0.3 is 14.8 Å². The second-order valence-electron chi connectivity index (χ2n) is 5.31. The molecule has 0 bridgehead atoms. The molecular formula is C19H17ClFNO4. The molecule has 0 radical (unpaired) electrons. The van der Waals surface area contributed by atoms with Gasteiger partial charge in [0.05, 0.1) is 12.8 Å². The lowest BCUT2D eigenvalue weighted by Gasteiger charge is -2.12. The number of methoxy groups -OCH3 is 1. The van der Waals surface area contributed by atoms with Crippen LogP contribution in [0.4, 0.5) is 10.1 Å². The lowest BCUT2D eigenvalue weighted by molar-refractivity contribution is -0.142. The average Bonchev–Trinajstić information content (AvgIpc) is 2.62. The van der Waals surface area contributed by atoms with Crippen LogP contribution in [0.15, 0.2) is 42.5 Å². The van der Waals surface area contributed by atoms with Crippen molar-refractivity contribution in [2.75, 3.05) is 19.0 Å². The van der Waals surface area contributed by atoms with Gasteiger partial charge in [-0.3, -0.25) is 4.79 Å². The smallest absolute Gasteiger partial charge is 0.331 e. The second kappa shape index (κ2) is 9.01. The molecule has 0 saturated carbocycles. The highest BCUT2D eigenvalue weighted by Gasteiger charge is 2.11. The topological polar surface area (TPSA) is 64.6 Å². The third kappa shape index (κ3) is 5.32. The van der Waals surface area contributed by atoms with E-state index in [1.807, 2.05) is 0 Å². The molecule has 0 atom stereocenters. The number of ether oxygens (including phenoxy) is 2. The van der Waals surface area contributed by atoms with Crippen molar-refractivity contribution in [3.05, 3.63) is 64.4 Å². The number of carbonyl (C=O) groups is 2. The first-order valence-corrected chi connectivity index (χ1v) is 8.02. The Morgan fingerprint density at radius 1 is 1.27 bits per heavy atom. The Labute approximate surface area is 155 Å². The molecule has 7 heteroatoms. The van der Waals surface area contributed by atoms with Crippen LogP contribution in [0.2, 0.25) is 5.02 Å². The lowest BCUT2D eigenvalue weighted by Crippen LogP contribution is -2.20. The number of rotatable bonds is 6. The first kappa shape index (κ1) is 19.5. The largest absolute Gasteiger partial charge is 0.495 e. The molecule has 0 unspecified atom stereocenters. The Hall–Kier alpha value is -2.86. The van der Waals surface area contributed by atoms with Crippen LogP contribution >= 0.6 is 11.6 Å². The molecular weight excluding hydrogens is 361 g/mol. The lowest BCUT2D eigenvalue weighted by atomic mass is 10.2. The van der Waals surface area contributed by atoms with Gasteiger partial charge in [0.15, 0.2) is 6.61 Å². The Kier molecular flexibility index (Phi) is 6.74. The molecule has 5 nitrogen and oxygen atoms in total. The fraction of sp³-hybridized carbons (Fsp3) is 0.158. The third-order valence-corrected chi connectivity index (χ3v) is 3.81. The molecule has 0 spiro atoms. The molecule has 0 fully saturated rings. The van der Waals surface area contributed by atoms with Gasteiger partial charge in [0.25, 0.3) is 5.91 Å². The van der Waals surface area contributed by atoms with E-state index >= 15 is 0 Å². The third-order valence-electron chi connectivity index (χ3n) is 3.40. The van der Waals surface area contributed by atoms with E-state index in [1.54, 1.807) is 31.2 Å². The van der Waals surface area contributed by atoms with E-state index in [0.717, 1.165) is 11.6 Å². The summed E-state index contributed by atoms with van der Waals surface area (Å²) in [6.07, 6.45) is 2.33. The van der Waals surface area contributed by atoms with Gasteiger partial charge in [-0.2, -0.15) is 0 Å². The molecule has 1 amide bonds. The van der Waals surface area contributed by atoms with Crippen molar-refractivity contribution in [3.63, 3.8) is 0 Å². The zero-order chi connectivity index (χ0) is 19.1. The number of amides is 1. The second-order valence-corrected chi connectivity index (χ2v) is 5.72. The van der Waals surface area contributed by atoms with Crippen molar-refractivity contribution in [3.8, 4) is 5.75 Å². The van der Waals surface area contributed by atoms with E-state index in [9.17, 15) is 14.0 Å². The maximum absolute atomic E-state index is 13.4. The first-order chi connectivity index (χ1) is 12.4. The van der Waals surface area contributed by atoms with E-state index in [-0.39, 0.29) is 5.56 Å². The zero-order valence-corrected chi connectivity index (χ0v) is 15.0. The molecule has 2 aromatic carbocycles. The Bertz CT molecular complexity index is 851. The first-order valence-electron chi connectivity index (χ1n) is 7.64. The highest BCUT2D eigenvalue weighted by molar-refractivity contribution is 6.31. The van der Waals surface area contributed by atoms with Crippen LogP contribution in [-0.2, 0) is 14.3 Å². The van der Waals surface area contributed by atoms with Gasteiger partial charge in [0, 0.05) is 22.7 Å². The van der Waals surface area contributed by atoms with Gasteiger partial charge in [0.1, 0.15) is 11.6 Å². The van der Waals surface area contributed by atoms with Crippen LogP contribution < -0.4 is 10.1 Å². The fourth-order valence-electron chi connectivity index (χ4n) is 2.07. The molecule has 0 aliphatic heterocycles. The van der Waals surface area contributed by atoms with E-state index < -0.39 is 24.3 Å². The summed E-state index contributed by atoms with van der Waals surface area (Å²) in [4.78, 5) is 23.6. The van der Waals surface area contributed by atoms with Crippen LogP contribution in [-0.4, -0.2) is 25.6 Å². The molecule has 136 valence electrons. The number of halogens is 2. The minimum atomic E-state index is -0.761. The van der Waals surface area contributed by atoms with Crippen LogP contribution in [0.5, 0.6) is 5.75 Å². The molecule has 2 rings (SSSR count). The maximum Gasteiger partial charge on any atom is 0.331 e. The van der Waals surface area contributed by atoms with Crippen LogP contribution in [0.25, 0.3) is 6.08 Å². The molecule has 0 heterocycles. The Balaban J connectivity index is 1.92.